The van der Waals surface area contributed by atoms with Crippen LogP contribution in [0, 0.1) is 28.6 Å². The van der Waals surface area contributed by atoms with Crippen LogP contribution in [0.15, 0.2) is 30.5 Å². The summed E-state index contributed by atoms with van der Waals surface area (Å²) in [4.78, 5) is 12.3. The van der Waals surface area contributed by atoms with Crippen LogP contribution in [-0.4, -0.2) is 26.8 Å². The van der Waals surface area contributed by atoms with Gasteiger partial charge in [-0.2, -0.15) is 15.6 Å². The summed E-state index contributed by atoms with van der Waals surface area (Å²) in [5.41, 5.74) is 7.29. The molecular formula is C24H29N7O2. The van der Waals surface area contributed by atoms with Gasteiger partial charge in [0.2, 0.25) is 5.91 Å². The molecule has 172 valence electrons. The molecule has 9 heteroatoms. The standard InChI is InChI=1S/C24H29N7O2/c25-11-10-24(31-15-20(21(27)32)22(30-31)29-23(33)18-4-5-18)8-6-19(7-9-24)28-14-17-3-1-2-16(12-17)13-26/h1-3,12,15,18-19,21,28,32H,4-10,14,27H2,(H,29,30,33)/t19-,21?,24-. The van der Waals surface area contributed by atoms with E-state index in [0.717, 1.165) is 44.1 Å². The SMILES string of the molecule is N#CC[C@]1(n2cc(C(N)O)c(NC(=O)C3CC3)n2)CC[C@H](NCc2cccc(C#N)c2)CC1. The van der Waals surface area contributed by atoms with E-state index >= 15 is 0 Å². The van der Waals surface area contributed by atoms with Gasteiger partial charge in [0.25, 0.3) is 0 Å². The van der Waals surface area contributed by atoms with E-state index in [1.807, 2.05) is 18.2 Å². The number of nitriles is 2. The third-order valence-corrected chi connectivity index (χ3v) is 6.71. The number of benzene rings is 1. The van der Waals surface area contributed by atoms with Gasteiger partial charge in [0.1, 0.15) is 6.23 Å². The minimum absolute atomic E-state index is 0.00125. The van der Waals surface area contributed by atoms with Crippen LogP contribution in [0.25, 0.3) is 0 Å². The minimum atomic E-state index is -1.27. The van der Waals surface area contributed by atoms with E-state index < -0.39 is 11.8 Å². The van der Waals surface area contributed by atoms with Gasteiger partial charge in [-0.25, -0.2) is 0 Å². The summed E-state index contributed by atoms with van der Waals surface area (Å²) in [6.45, 7) is 0.675. The van der Waals surface area contributed by atoms with Crippen molar-refractivity contribution in [2.45, 2.75) is 69.3 Å². The van der Waals surface area contributed by atoms with Gasteiger partial charge >= 0.3 is 0 Å². The van der Waals surface area contributed by atoms with Crippen molar-refractivity contribution in [3.05, 3.63) is 47.2 Å². The molecule has 2 aliphatic carbocycles. The third kappa shape index (κ3) is 5.23. The number of carbonyl (C=O) groups is 1. The second-order valence-electron chi connectivity index (χ2n) is 9.11. The zero-order chi connectivity index (χ0) is 23.4. The summed E-state index contributed by atoms with van der Waals surface area (Å²) in [6.07, 6.45) is 5.57. The number of hydrogen-bond acceptors (Lipinski definition) is 7. The van der Waals surface area contributed by atoms with Crippen LogP contribution >= 0.6 is 0 Å². The lowest BCUT2D eigenvalue weighted by molar-refractivity contribution is -0.117. The van der Waals surface area contributed by atoms with Crippen LogP contribution in [0.2, 0.25) is 0 Å². The van der Waals surface area contributed by atoms with E-state index in [-0.39, 0.29) is 30.1 Å². The quantitative estimate of drug-likeness (QED) is 0.453. The molecule has 0 saturated heterocycles. The molecule has 4 rings (SSSR count). The van der Waals surface area contributed by atoms with Gasteiger partial charge < -0.3 is 21.5 Å². The number of aromatic nitrogens is 2. The van der Waals surface area contributed by atoms with Crippen LogP contribution < -0.4 is 16.4 Å². The third-order valence-electron chi connectivity index (χ3n) is 6.71. The van der Waals surface area contributed by atoms with E-state index in [0.29, 0.717) is 17.7 Å². The molecule has 2 saturated carbocycles. The van der Waals surface area contributed by atoms with Crippen molar-refractivity contribution in [3.8, 4) is 12.1 Å². The van der Waals surface area contributed by atoms with Crippen molar-refractivity contribution in [2.75, 3.05) is 5.32 Å². The number of rotatable bonds is 8. The second kappa shape index (κ2) is 9.72. The molecule has 0 spiro atoms. The average molecular weight is 448 g/mol. The molecule has 9 nitrogen and oxygen atoms in total. The van der Waals surface area contributed by atoms with Gasteiger partial charge in [0.15, 0.2) is 5.82 Å². The number of anilines is 1. The zero-order valence-corrected chi connectivity index (χ0v) is 18.5. The highest BCUT2D eigenvalue weighted by atomic mass is 16.3. The lowest BCUT2D eigenvalue weighted by Crippen LogP contribution is -2.43. The summed E-state index contributed by atoms with van der Waals surface area (Å²) >= 11 is 0. The predicted octanol–water partition coefficient (Wildman–Crippen LogP) is 2.39. The number of carbonyl (C=O) groups excluding carboxylic acids is 1. The Morgan fingerprint density at radius 3 is 2.70 bits per heavy atom. The molecule has 1 unspecified atom stereocenters. The Morgan fingerprint density at radius 2 is 2.06 bits per heavy atom. The van der Waals surface area contributed by atoms with Gasteiger partial charge in [-0.3, -0.25) is 9.48 Å². The minimum Gasteiger partial charge on any atom is -0.374 e. The molecule has 1 atom stereocenters. The van der Waals surface area contributed by atoms with Crippen LogP contribution in [-0.2, 0) is 16.9 Å². The summed E-state index contributed by atoms with van der Waals surface area (Å²) in [5, 5.41) is 39.6. The van der Waals surface area contributed by atoms with Gasteiger partial charge in [-0.1, -0.05) is 12.1 Å². The van der Waals surface area contributed by atoms with Crippen molar-refractivity contribution in [3.63, 3.8) is 0 Å². The smallest absolute Gasteiger partial charge is 0.228 e. The normalized spacial score (nSPS) is 23.3. The fraction of sp³-hybridized carbons (Fsp3) is 0.500. The Morgan fingerprint density at radius 1 is 1.30 bits per heavy atom. The van der Waals surface area contributed by atoms with Gasteiger partial charge in [-0.15, -0.1) is 0 Å². The van der Waals surface area contributed by atoms with Gasteiger partial charge in [-0.05, 0) is 56.2 Å². The Kier molecular flexibility index (Phi) is 6.75. The molecule has 1 aromatic heterocycles. The Bertz CT molecular complexity index is 1080. The number of nitrogens with one attached hydrogen (secondary N) is 2. The molecule has 0 bridgehead atoms. The first-order chi connectivity index (χ1) is 15.9. The molecule has 1 amide bonds. The van der Waals surface area contributed by atoms with Gasteiger partial charge in [0, 0.05) is 24.7 Å². The fourth-order valence-corrected chi connectivity index (χ4v) is 4.51. The van der Waals surface area contributed by atoms with E-state index in [9.17, 15) is 15.2 Å². The molecule has 1 heterocycles. The zero-order valence-electron chi connectivity index (χ0n) is 18.5. The van der Waals surface area contributed by atoms with E-state index in [2.05, 4.69) is 27.9 Å². The molecule has 33 heavy (non-hydrogen) atoms. The predicted molar refractivity (Wildman–Crippen MR) is 121 cm³/mol. The first-order valence-electron chi connectivity index (χ1n) is 11.4. The molecular weight excluding hydrogens is 418 g/mol. The fourth-order valence-electron chi connectivity index (χ4n) is 4.51. The molecule has 0 radical (unpaired) electrons. The van der Waals surface area contributed by atoms with Crippen molar-refractivity contribution in [2.24, 2.45) is 11.7 Å². The molecule has 1 aromatic carbocycles. The van der Waals surface area contributed by atoms with Crippen molar-refractivity contribution >= 4 is 11.7 Å². The molecule has 5 N–H and O–H groups in total. The highest BCUT2D eigenvalue weighted by Crippen LogP contribution is 2.39. The number of nitrogens with two attached hydrogens (primary N) is 1. The lowest BCUT2D eigenvalue weighted by Gasteiger charge is -2.39. The summed E-state index contributed by atoms with van der Waals surface area (Å²) in [5.74, 6) is 0.169. The average Bonchev–Trinajstić information content (AvgIpc) is 3.59. The first kappa shape index (κ1) is 22.9. The van der Waals surface area contributed by atoms with E-state index in [4.69, 9.17) is 11.0 Å². The van der Waals surface area contributed by atoms with Crippen molar-refractivity contribution < 1.29 is 9.90 Å². The molecule has 2 fully saturated rings. The number of aliphatic hydroxyl groups is 1. The van der Waals surface area contributed by atoms with Crippen molar-refractivity contribution in [1.29, 1.82) is 10.5 Å². The largest absolute Gasteiger partial charge is 0.374 e. The number of aliphatic hydroxyl groups excluding tert-OH is 1. The molecule has 2 aromatic rings. The van der Waals surface area contributed by atoms with Crippen molar-refractivity contribution in [1.82, 2.24) is 15.1 Å². The van der Waals surface area contributed by atoms with Crippen LogP contribution in [0.4, 0.5) is 5.82 Å². The Balaban J connectivity index is 1.45. The van der Waals surface area contributed by atoms with Crippen LogP contribution in [0.1, 0.15) is 67.9 Å². The second-order valence-corrected chi connectivity index (χ2v) is 9.11. The number of hydrogen-bond donors (Lipinski definition) is 4. The monoisotopic (exact) mass is 447 g/mol. The van der Waals surface area contributed by atoms with Gasteiger partial charge in [0.05, 0.1) is 35.2 Å². The highest BCUT2D eigenvalue weighted by molar-refractivity contribution is 5.93. The lowest BCUT2D eigenvalue weighted by atomic mass is 9.77. The number of nitrogens with zero attached hydrogens (tertiary/aromatic N) is 4. The summed E-state index contributed by atoms with van der Waals surface area (Å²) in [6, 6.07) is 12.3. The highest BCUT2D eigenvalue weighted by Gasteiger charge is 2.39. The van der Waals surface area contributed by atoms with E-state index in [1.54, 1.807) is 16.9 Å². The molecule has 0 aliphatic heterocycles. The van der Waals surface area contributed by atoms with Crippen LogP contribution in [0.5, 0.6) is 0 Å². The Hall–Kier alpha value is -3.24. The maximum absolute atomic E-state index is 12.3. The maximum atomic E-state index is 12.3. The maximum Gasteiger partial charge on any atom is 0.228 e. The molecule has 2 aliphatic rings. The van der Waals surface area contributed by atoms with E-state index in [1.165, 1.54) is 0 Å². The Labute approximate surface area is 193 Å². The number of amides is 1. The topological polar surface area (TPSA) is 153 Å². The summed E-state index contributed by atoms with van der Waals surface area (Å²) < 4.78 is 1.73. The van der Waals surface area contributed by atoms with Crippen LogP contribution in [0.3, 0.4) is 0 Å². The first-order valence-corrected chi connectivity index (χ1v) is 11.4. The summed E-state index contributed by atoms with van der Waals surface area (Å²) in [7, 11) is 0.